The Morgan fingerprint density at radius 3 is 2.29 bits per heavy atom. The van der Waals surface area contributed by atoms with Crippen LogP contribution in [0, 0.1) is 21.4 Å². The van der Waals surface area contributed by atoms with Gasteiger partial charge in [0.1, 0.15) is 6.61 Å². The van der Waals surface area contributed by atoms with Crippen molar-refractivity contribution in [3.63, 3.8) is 0 Å². The number of hydrogen-bond acceptors (Lipinski definition) is 5. The highest BCUT2D eigenvalue weighted by atomic mass is 16.6. The van der Waals surface area contributed by atoms with Gasteiger partial charge in [-0.25, -0.2) is 4.79 Å². The van der Waals surface area contributed by atoms with Crippen molar-refractivity contribution in [2.24, 2.45) is 0 Å². The van der Waals surface area contributed by atoms with Crippen LogP contribution < -0.4 is 0 Å². The van der Waals surface area contributed by atoms with Crippen LogP contribution in [0.1, 0.15) is 21.5 Å². The summed E-state index contributed by atoms with van der Waals surface area (Å²) in [5.74, 6) is -0.516. The van der Waals surface area contributed by atoms with Gasteiger partial charge in [0.05, 0.1) is 22.1 Å². The Morgan fingerprint density at radius 2 is 1.76 bits per heavy atom. The third kappa shape index (κ3) is 3.64. The summed E-state index contributed by atoms with van der Waals surface area (Å²) in [6.45, 7) is 0.0246. The summed E-state index contributed by atoms with van der Waals surface area (Å²) >= 11 is 0. The second-order valence-electron chi connectivity index (χ2n) is 4.19. The van der Waals surface area contributed by atoms with Gasteiger partial charge in [-0.2, -0.15) is 5.26 Å². The molecule has 0 radical (unpaired) electrons. The molecule has 21 heavy (non-hydrogen) atoms. The van der Waals surface area contributed by atoms with E-state index in [-0.39, 0.29) is 12.3 Å². The third-order valence-electron chi connectivity index (χ3n) is 2.77. The monoisotopic (exact) mass is 282 g/mol. The molecule has 0 amide bonds. The number of nitriles is 1. The molecule has 2 aromatic rings. The van der Waals surface area contributed by atoms with Gasteiger partial charge in [-0.1, -0.05) is 0 Å². The molecule has 0 saturated carbocycles. The number of nitro benzene ring substituents is 1. The Balaban J connectivity index is 1.97. The molecule has 0 bridgehead atoms. The van der Waals surface area contributed by atoms with Crippen LogP contribution in [0.2, 0.25) is 0 Å². The lowest BCUT2D eigenvalue weighted by molar-refractivity contribution is -0.384. The second kappa shape index (κ2) is 6.30. The van der Waals surface area contributed by atoms with Crippen LogP contribution in [-0.2, 0) is 11.3 Å². The highest BCUT2D eigenvalue weighted by Crippen LogP contribution is 2.13. The molecule has 0 aliphatic rings. The number of esters is 1. The van der Waals surface area contributed by atoms with Crippen molar-refractivity contribution in [2.75, 3.05) is 0 Å². The number of ether oxygens (including phenoxy) is 1. The van der Waals surface area contributed by atoms with E-state index in [1.54, 1.807) is 0 Å². The Bertz CT molecular complexity index is 700. The maximum Gasteiger partial charge on any atom is 0.338 e. The molecule has 0 spiro atoms. The number of carbonyl (C=O) groups excluding carboxylic acids is 1. The van der Waals surface area contributed by atoms with Gasteiger partial charge in [0.2, 0.25) is 0 Å². The smallest absolute Gasteiger partial charge is 0.338 e. The van der Waals surface area contributed by atoms with Crippen molar-refractivity contribution < 1.29 is 14.5 Å². The van der Waals surface area contributed by atoms with E-state index in [9.17, 15) is 14.9 Å². The fourth-order valence-electron chi connectivity index (χ4n) is 1.63. The van der Waals surface area contributed by atoms with Crippen molar-refractivity contribution >= 4 is 11.7 Å². The van der Waals surface area contributed by atoms with Crippen LogP contribution in [0.3, 0.4) is 0 Å². The number of carbonyl (C=O) groups is 1. The van der Waals surface area contributed by atoms with E-state index in [4.69, 9.17) is 10.00 Å². The van der Waals surface area contributed by atoms with Gasteiger partial charge in [-0.3, -0.25) is 10.1 Å². The molecule has 0 atom stereocenters. The van der Waals surface area contributed by atoms with E-state index in [1.165, 1.54) is 48.5 Å². The predicted molar refractivity (Wildman–Crippen MR) is 73.4 cm³/mol. The van der Waals surface area contributed by atoms with E-state index < -0.39 is 10.9 Å². The number of nitro groups is 1. The maximum absolute atomic E-state index is 11.8. The zero-order valence-electron chi connectivity index (χ0n) is 10.9. The molecule has 0 aromatic heterocycles. The molecule has 0 saturated heterocycles. The van der Waals surface area contributed by atoms with Crippen molar-refractivity contribution in [2.45, 2.75) is 6.61 Å². The van der Waals surface area contributed by atoms with Crippen LogP contribution in [0.4, 0.5) is 5.69 Å². The summed E-state index contributed by atoms with van der Waals surface area (Å²) < 4.78 is 5.10. The van der Waals surface area contributed by atoms with Gasteiger partial charge in [0, 0.05) is 12.1 Å². The molecule has 0 fully saturated rings. The zero-order valence-corrected chi connectivity index (χ0v) is 10.9. The minimum absolute atomic E-state index is 0.0165. The normalized spacial score (nSPS) is 9.67. The first-order valence-electron chi connectivity index (χ1n) is 6.01. The first kappa shape index (κ1) is 14.2. The predicted octanol–water partition coefficient (Wildman–Crippen LogP) is 2.82. The van der Waals surface area contributed by atoms with Crippen LogP contribution in [-0.4, -0.2) is 10.9 Å². The van der Waals surface area contributed by atoms with Gasteiger partial charge < -0.3 is 4.74 Å². The minimum atomic E-state index is -0.516. The summed E-state index contributed by atoms with van der Waals surface area (Å²) in [6.07, 6.45) is 0. The Labute approximate surface area is 120 Å². The quantitative estimate of drug-likeness (QED) is 0.488. The second-order valence-corrected chi connectivity index (χ2v) is 4.19. The Kier molecular flexibility index (Phi) is 4.26. The topological polar surface area (TPSA) is 93.2 Å². The highest BCUT2D eigenvalue weighted by Gasteiger charge is 2.08. The Hall–Kier alpha value is -3.20. The molecule has 0 aliphatic carbocycles. The maximum atomic E-state index is 11.8. The summed E-state index contributed by atoms with van der Waals surface area (Å²) in [6, 6.07) is 13.8. The number of hydrogen-bond donors (Lipinski definition) is 0. The van der Waals surface area contributed by atoms with Crippen molar-refractivity contribution in [3.05, 3.63) is 75.3 Å². The van der Waals surface area contributed by atoms with Crippen LogP contribution in [0.5, 0.6) is 0 Å². The molecule has 2 aromatic carbocycles. The molecule has 0 unspecified atom stereocenters. The van der Waals surface area contributed by atoms with Crippen LogP contribution >= 0.6 is 0 Å². The lowest BCUT2D eigenvalue weighted by Crippen LogP contribution is -2.05. The lowest BCUT2D eigenvalue weighted by Gasteiger charge is -2.05. The van der Waals surface area contributed by atoms with Crippen molar-refractivity contribution in [1.29, 1.82) is 5.26 Å². The number of nitrogens with zero attached hydrogens (tertiary/aromatic N) is 2. The number of rotatable bonds is 4. The van der Waals surface area contributed by atoms with E-state index >= 15 is 0 Å². The largest absolute Gasteiger partial charge is 0.457 e. The summed E-state index contributed by atoms with van der Waals surface area (Å²) in [5, 5.41) is 19.2. The van der Waals surface area contributed by atoms with Crippen molar-refractivity contribution in [3.8, 4) is 6.07 Å². The number of non-ortho nitro benzene ring substituents is 1. The molecule has 104 valence electrons. The van der Waals surface area contributed by atoms with Gasteiger partial charge in [0.15, 0.2) is 0 Å². The first-order valence-corrected chi connectivity index (χ1v) is 6.01. The van der Waals surface area contributed by atoms with Gasteiger partial charge >= 0.3 is 5.97 Å². The number of benzene rings is 2. The summed E-state index contributed by atoms with van der Waals surface area (Å²) in [4.78, 5) is 21.8. The lowest BCUT2D eigenvalue weighted by atomic mass is 10.1. The summed E-state index contributed by atoms with van der Waals surface area (Å²) in [7, 11) is 0. The SMILES string of the molecule is N#Cc1ccc(C(=O)OCc2ccc([N+](=O)[O-])cc2)cc1. The molecule has 0 heterocycles. The fourth-order valence-corrected chi connectivity index (χ4v) is 1.63. The van der Waals surface area contributed by atoms with Crippen molar-refractivity contribution in [1.82, 2.24) is 0 Å². The standard InChI is InChI=1S/C15H10N2O4/c16-9-11-1-5-13(6-2-11)15(18)21-10-12-3-7-14(8-4-12)17(19)20/h1-8H,10H2. The molecule has 6 heteroatoms. The van der Waals surface area contributed by atoms with Crippen LogP contribution in [0.25, 0.3) is 0 Å². The average Bonchev–Trinajstić information content (AvgIpc) is 2.53. The molecule has 0 aliphatic heterocycles. The third-order valence-corrected chi connectivity index (χ3v) is 2.77. The fraction of sp³-hybridized carbons (Fsp3) is 0.0667. The van der Waals surface area contributed by atoms with E-state index in [2.05, 4.69) is 0 Å². The molecule has 6 nitrogen and oxygen atoms in total. The van der Waals surface area contributed by atoms with Gasteiger partial charge in [-0.05, 0) is 42.0 Å². The molecular formula is C15H10N2O4. The molecular weight excluding hydrogens is 272 g/mol. The summed E-state index contributed by atoms with van der Waals surface area (Å²) in [5.41, 5.74) is 1.44. The average molecular weight is 282 g/mol. The molecule has 2 rings (SSSR count). The zero-order chi connectivity index (χ0) is 15.2. The van der Waals surface area contributed by atoms with Gasteiger partial charge in [-0.15, -0.1) is 0 Å². The highest BCUT2D eigenvalue weighted by molar-refractivity contribution is 5.89. The minimum Gasteiger partial charge on any atom is -0.457 e. The van der Waals surface area contributed by atoms with Crippen LogP contribution in [0.15, 0.2) is 48.5 Å². The van der Waals surface area contributed by atoms with E-state index in [0.717, 1.165) is 0 Å². The molecule has 0 N–H and O–H groups in total. The van der Waals surface area contributed by atoms with E-state index in [1.807, 2.05) is 6.07 Å². The Morgan fingerprint density at radius 1 is 1.14 bits per heavy atom. The first-order chi connectivity index (χ1) is 10.1. The van der Waals surface area contributed by atoms with E-state index in [0.29, 0.717) is 16.7 Å². The van der Waals surface area contributed by atoms with Gasteiger partial charge in [0.25, 0.3) is 5.69 Å².